The Kier molecular flexibility index (Phi) is 2.75. The fourth-order valence-electron chi connectivity index (χ4n) is 2.06. The molecule has 82 valence electrons. The molecular weight excluding hydrogens is 212 g/mol. The standard InChI is InChI=1S/C10H14N2O2S/c1-15(13,14)12-8-2-3-10(12)9-4-6-11-7-5-9/h4-7,10H,2-3,8H2,1H3/t10-/m1/s1. The quantitative estimate of drug-likeness (QED) is 0.760. The SMILES string of the molecule is CS(=O)(=O)N1CCC[C@@H]1c1ccncc1. The number of pyridine rings is 1. The van der Waals surface area contributed by atoms with Crippen molar-refractivity contribution in [2.45, 2.75) is 18.9 Å². The second kappa shape index (κ2) is 3.90. The van der Waals surface area contributed by atoms with E-state index in [1.165, 1.54) is 6.26 Å². The molecule has 15 heavy (non-hydrogen) atoms. The zero-order valence-electron chi connectivity index (χ0n) is 8.63. The van der Waals surface area contributed by atoms with E-state index in [1.807, 2.05) is 12.1 Å². The van der Waals surface area contributed by atoms with Crippen molar-refractivity contribution < 1.29 is 8.42 Å². The van der Waals surface area contributed by atoms with Crippen LogP contribution in [0.25, 0.3) is 0 Å². The maximum Gasteiger partial charge on any atom is 0.211 e. The maximum absolute atomic E-state index is 11.5. The van der Waals surface area contributed by atoms with Gasteiger partial charge in [-0.2, -0.15) is 4.31 Å². The van der Waals surface area contributed by atoms with E-state index in [0.29, 0.717) is 6.54 Å². The molecule has 4 nitrogen and oxygen atoms in total. The molecule has 2 rings (SSSR count). The summed E-state index contributed by atoms with van der Waals surface area (Å²) in [5.41, 5.74) is 1.04. The molecule has 0 N–H and O–H groups in total. The van der Waals surface area contributed by atoms with E-state index in [0.717, 1.165) is 18.4 Å². The average molecular weight is 226 g/mol. The molecule has 1 atom stereocenters. The fourth-order valence-corrected chi connectivity index (χ4v) is 3.21. The summed E-state index contributed by atoms with van der Waals surface area (Å²) in [6.07, 6.45) is 6.51. The molecular formula is C10H14N2O2S. The summed E-state index contributed by atoms with van der Waals surface area (Å²) in [6.45, 7) is 0.631. The molecule has 0 bridgehead atoms. The number of hydrogen-bond donors (Lipinski definition) is 0. The normalized spacial score (nSPS) is 23.1. The van der Waals surface area contributed by atoms with Crippen LogP contribution in [0.15, 0.2) is 24.5 Å². The highest BCUT2D eigenvalue weighted by molar-refractivity contribution is 7.88. The van der Waals surface area contributed by atoms with Gasteiger partial charge in [0.1, 0.15) is 0 Å². The summed E-state index contributed by atoms with van der Waals surface area (Å²) in [7, 11) is -3.09. The monoisotopic (exact) mass is 226 g/mol. The minimum atomic E-state index is -3.09. The van der Waals surface area contributed by atoms with Crippen LogP contribution in [0.4, 0.5) is 0 Å². The van der Waals surface area contributed by atoms with Gasteiger partial charge in [-0.05, 0) is 30.5 Å². The van der Waals surface area contributed by atoms with Crippen LogP contribution in [0.1, 0.15) is 24.4 Å². The van der Waals surface area contributed by atoms with E-state index in [9.17, 15) is 8.42 Å². The molecule has 5 heteroatoms. The zero-order chi connectivity index (χ0) is 10.9. The van der Waals surface area contributed by atoms with Gasteiger partial charge < -0.3 is 0 Å². The third-order valence-electron chi connectivity index (χ3n) is 2.72. The van der Waals surface area contributed by atoms with Crippen molar-refractivity contribution in [1.29, 1.82) is 0 Å². The predicted molar refractivity (Wildman–Crippen MR) is 57.8 cm³/mol. The summed E-state index contributed by atoms with van der Waals surface area (Å²) in [5.74, 6) is 0. The van der Waals surface area contributed by atoms with Gasteiger partial charge in [-0.15, -0.1) is 0 Å². The highest BCUT2D eigenvalue weighted by Crippen LogP contribution is 2.33. The van der Waals surface area contributed by atoms with Gasteiger partial charge in [0.2, 0.25) is 10.0 Å². The second-order valence-corrected chi connectivity index (χ2v) is 5.75. The topological polar surface area (TPSA) is 50.3 Å². The van der Waals surface area contributed by atoms with Crippen molar-refractivity contribution >= 4 is 10.0 Å². The maximum atomic E-state index is 11.5. The van der Waals surface area contributed by atoms with Crippen LogP contribution in [0.2, 0.25) is 0 Å². The molecule has 1 fully saturated rings. The molecule has 0 aliphatic carbocycles. The molecule has 1 aromatic heterocycles. The van der Waals surface area contributed by atoms with Crippen molar-refractivity contribution in [2.75, 3.05) is 12.8 Å². The summed E-state index contributed by atoms with van der Waals surface area (Å²) in [6, 6.07) is 3.77. The van der Waals surface area contributed by atoms with Crippen LogP contribution in [0, 0.1) is 0 Å². The Balaban J connectivity index is 2.30. The molecule has 2 heterocycles. The minimum Gasteiger partial charge on any atom is -0.265 e. The van der Waals surface area contributed by atoms with E-state index < -0.39 is 10.0 Å². The van der Waals surface area contributed by atoms with Crippen molar-refractivity contribution in [3.05, 3.63) is 30.1 Å². The summed E-state index contributed by atoms with van der Waals surface area (Å²) < 4.78 is 24.6. The van der Waals surface area contributed by atoms with Gasteiger partial charge in [-0.1, -0.05) is 0 Å². The minimum absolute atomic E-state index is 0.00278. The van der Waals surface area contributed by atoms with Crippen LogP contribution < -0.4 is 0 Å². The summed E-state index contributed by atoms with van der Waals surface area (Å²) in [4.78, 5) is 3.94. The molecule has 0 aromatic carbocycles. The van der Waals surface area contributed by atoms with Gasteiger partial charge in [-0.3, -0.25) is 4.98 Å². The Morgan fingerprint density at radius 3 is 2.67 bits per heavy atom. The third kappa shape index (κ3) is 2.18. The third-order valence-corrected chi connectivity index (χ3v) is 4.01. The Labute approximate surface area is 90.0 Å². The molecule has 1 aliphatic rings. The largest absolute Gasteiger partial charge is 0.265 e. The number of hydrogen-bond acceptors (Lipinski definition) is 3. The van der Waals surface area contributed by atoms with E-state index >= 15 is 0 Å². The van der Waals surface area contributed by atoms with Crippen molar-refractivity contribution in [3.8, 4) is 0 Å². The lowest BCUT2D eigenvalue weighted by Crippen LogP contribution is -2.29. The van der Waals surface area contributed by atoms with Crippen molar-refractivity contribution in [1.82, 2.24) is 9.29 Å². The van der Waals surface area contributed by atoms with E-state index in [2.05, 4.69) is 4.98 Å². The Morgan fingerprint density at radius 1 is 1.40 bits per heavy atom. The van der Waals surface area contributed by atoms with E-state index in [-0.39, 0.29) is 6.04 Å². The fraction of sp³-hybridized carbons (Fsp3) is 0.500. The van der Waals surface area contributed by atoms with Gasteiger partial charge in [-0.25, -0.2) is 8.42 Å². The number of sulfonamides is 1. The first-order chi connectivity index (χ1) is 7.09. The van der Waals surface area contributed by atoms with Crippen molar-refractivity contribution in [2.24, 2.45) is 0 Å². The summed E-state index contributed by atoms with van der Waals surface area (Å²) in [5, 5.41) is 0. The Hall–Kier alpha value is -0.940. The van der Waals surface area contributed by atoms with E-state index in [1.54, 1.807) is 16.7 Å². The molecule has 0 saturated carbocycles. The predicted octanol–water partition coefficient (Wildman–Crippen LogP) is 1.18. The zero-order valence-corrected chi connectivity index (χ0v) is 9.44. The Bertz CT molecular complexity index is 430. The molecule has 0 radical (unpaired) electrons. The highest BCUT2D eigenvalue weighted by Gasteiger charge is 2.32. The highest BCUT2D eigenvalue weighted by atomic mass is 32.2. The lowest BCUT2D eigenvalue weighted by molar-refractivity contribution is 0.400. The van der Waals surface area contributed by atoms with Gasteiger partial charge in [0.15, 0.2) is 0 Å². The van der Waals surface area contributed by atoms with Gasteiger partial charge in [0, 0.05) is 25.0 Å². The van der Waals surface area contributed by atoms with Crippen LogP contribution >= 0.6 is 0 Å². The summed E-state index contributed by atoms with van der Waals surface area (Å²) >= 11 is 0. The smallest absolute Gasteiger partial charge is 0.211 e. The molecule has 1 aliphatic heterocycles. The van der Waals surface area contributed by atoms with Gasteiger partial charge in [0.05, 0.1) is 6.26 Å². The molecule has 1 saturated heterocycles. The lowest BCUT2D eigenvalue weighted by atomic mass is 10.1. The average Bonchev–Trinajstić information content (AvgIpc) is 2.67. The van der Waals surface area contributed by atoms with E-state index in [4.69, 9.17) is 0 Å². The van der Waals surface area contributed by atoms with Crippen LogP contribution in [0.5, 0.6) is 0 Å². The number of nitrogens with zero attached hydrogens (tertiary/aromatic N) is 2. The molecule has 0 unspecified atom stereocenters. The molecule has 0 amide bonds. The van der Waals surface area contributed by atoms with Crippen LogP contribution in [-0.2, 0) is 10.0 Å². The second-order valence-electron chi connectivity index (χ2n) is 3.81. The lowest BCUT2D eigenvalue weighted by Gasteiger charge is -2.22. The van der Waals surface area contributed by atoms with Gasteiger partial charge in [0.25, 0.3) is 0 Å². The molecule has 0 spiro atoms. The first-order valence-electron chi connectivity index (χ1n) is 4.96. The first kappa shape index (κ1) is 10.6. The van der Waals surface area contributed by atoms with Gasteiger partial charge >= 0.3 is 0 Å². The Morgan fingerprint density at radius 2 is 2.07 bits per heavy atom. The number of rotatable bonds is 2. The van der Waals surface area contributed by atoms with Crippen LogP contribution in [-0.4, -0.2) is 30.5 Å². The first-order valence-corrected chi connectivity index (χ1v) is 6.80. The molecule has 1 aromatic rings. The number of aromatic nitrogens is 1. The van der Waals surface area contributed by atoms with Crippen LogP contribution in [0.3, 0.4) is 0 Å². The van der Waals surface area contributed by atoms with Crippen molar-refractivity contribution in [3.63, 3.8) is 0 Å².